The van der Waals surface area contributed by atoms with Gasteiger partial charge in [0.15, 0.2) is 5.82 Å². The molecule has 1 saturated heterocycles. The number of pyridine rings is 2. The zero-order valence-electron chi connectivity index (χ0n) is 16.2. The monoisotopic (exact) mass is 396 g/mol. The highest BCUT2D eigenvalue weighted by Crippen LogP contribution is 2.25. The van der Waals surface area contributed by atoms with E-state index in [1.54, 1.807) is 18.3 Å². The molecule has 1 atom stereocenters. The van der Waals surface area contributed by atoms with E-state index in [1.807, 2.05) is 25.3 Å². The van der Waals surface area contributed by atoms with Gasteiger partial charge in [-0.3, -0.25) is 9.88 Å². The highest BCUT2D eigenvalue weighted by Gasteiger charge is 2.20. The van der Waals surface area contributed by atoms with Gasteiger partial charge in [0.05, 0.1) is 6.10 Å². The first-order valence-corrected chi connectivity index (χ1v) is 9.38. The number of aromatic nitrogens is 2. The maximum absolute atomic E-state index is 9.70. The van der Waals surface area contributed by atoms with Crippen LogP contribution in [0.2, 0.25) is 0 Å². The van der Waals surface area contributed by atoms with Gasteiger partial charge in [0, 0.05) is 43.1 Å². The van der Waals surface area contributed by atoms with Crippen molar-refractivity contribution >= 4 is 35.0 Å². The maximum atomic E-state index is 9.70. The number of rotatable bonds is 5. The van der Waals surface area contributed by atoms with E-state index >= 15 is 0 Å². The number of β-amino-alcohol motifs (C(OH)–C–C–N with tert-alkyl or cyclic N) is 1. The standard InChI is InChI=1S/C20H23BN4O3.H2O/c1-13-17(21(27)28)3-2-4-18(13)24-20-19-15(5-7-22-20)9-14(10-23-19)11-25-8-6-16(26)12-25;/h2-5,7,9-10,16,26-28H,6,8,11-12H2,1H3,(H,22,24);1H2/t16-;/m1./s1. The van der Waals surface area contributed by atoms with E-state index in [4.69, 9.17) is 0 Å². The fourth-order valence-electron chi connectivity index (χ4n) is 3.69. The molecule has 6 N–H and O–H groups in total. The predicted octanol–water partition coefficient (Wildman–Crippen LogP) is 0.104. The van der Waals surface area contributed by atoms with Crippen LogP contribution in [-0.4, -0.2) is 61.8 Å². The Balaban J connectivity index is 0.00000240. The van der Waals surface area contributed by atoms with E-state index in [2.05, 4.69) is 26.3 Å². The third kappa shape index (κ3) is 4.55. The Kier molecular flexibility index (Phi) is 6.46. The number of hydrogen-bond acceptors (Lipinski definition) is 7. The van der Waals surface area contributed by atoms with E-state index in [1.165, 1.54) is 0 Å². The molecule has 0 radical (unpaired) electrons. The first-order valence-electron chi connectivity index (χ1n) is 9.38. The molecule has 3 aromatic rings. The van der Waals surface area contributed by atoms with Gasteiger partial charge in [0.1, 0.15) is 5.52 Å². The van der Waals surface area contributed by atoms with Gasteiger partial charge < -0.3 is 25.9 Å². The lowest BCUT2D eigenvalue weighted by Gasteiger charge is -2.16. The van der Waals surface area contributed by atoms with Gasteiger partial charge in [-0.1, -0.05) is 12.1 Å². The number of nitrogens with zero attached hydrogens (tertiary/aromatic N) is 3. The number of aliphatic hydroxyl groups is 1. The van der Waals surface area contributed by atoms with Crippen LogP contribution in [0.1, 0.15) is 17.5 Å². The molecule has 1 fully saturated rings. The van der Waals surface area contributed by atoms with Crippen molar-refractivity contribution in [2.24, 2.45) is 0 Å². The van der Waals surface area contributed by atoms with Crippen molar-refractivity contribution < 1.29 is 20.6 Å². The number of hydrogen-bond donors (Lipinski definition) is 4. The molecule has 0 amide bonds. The molecular formula is C20H25BN4O4. The molecule has 0 saturated carbocycles. The summed E-state index contributed by atoms with van der Waals surface area (Å²) in [4.78, 5) is 11.3. The second-order valence-corrected chi connectivity index (χ2v) is 7.27. The Morgan fingerprint density at radius 3 is 2.79 bits per heavy atom. The maximum Gasteiger partial charge on any atom is 0.488 e. The van der Waals surface area contributed by atoms with Crippen LogP contribution in [-0.2, 0) is 6.54 Å². The molecule has 29 heavy (non-hydrogen) atoms. The minimum atomic E-state index is -1.52. The minimum absolute atomic E-state index is 0. The van der Waals surface area contributed by atoms with Gasteiger partial charge in [-0.05, 0) is 48.1 Å². The average Bonchev–Trinajstić information content (AvgIpc) is 3.08. The summed E-state index contributed by atoms with van der Waals surface area (Å²) in [6.07, 6.45) is 4.17. The van der Waals surface area contributed by atoms with Crippen LogP contribution in [0.3, 0.4) is 0 Å². The van der Waals surface area contributed by atoms with Crippen LogP contribution in [0.4, 0.5) is 11.5 Å². The highest BCUT2D eigenvalue weighted by atomic mass is 16.4. The Morgan fingerprint density at radius 1 is 1.24 bits per heavy atom. The van der Waals surface area contributed by atoms with Crippen LogP contribution in [0, 0.1) is 6.92 Å². The van der Waals surface area contributed by atoms with Crippen LogP contribution < -0.4 is 10.8 Å². The minimum Gasteiger partial charge on any atom is -0.423 e. The second-order valence-electron chi connectivity index (χ2n) is 7.27. The summed E-state index contributed by atoms with van der Waals surface area (Å²) >= 11 is 0. The van der Waals surface area contributed by atoms with Crippen molar-refractivity contribution in [1.82, 2.24) is 14.9 Å². The molecule has 0 unspecified atom stereocenters. The Bertz CT molecular complexity index is 1000. The molecule has 0 bridgehead atoms. The SMILES string of the molecule is Cc1c(Nc2nccc3cc(CN4CC[C@@H](O)C4)cnc23)cccc1B(O)O.O. The van der Waals surface area contributed by atoms with Crippen molar-refractivity contribution in [3.05, 3.63) is 53.9 Å². The fraction of sp³-hybridized carbons (Fsp3) is 0.300. The highest BCUT2D eigenvalue weighted by molar-refractivity contribution is 6.59. The summed E-state index contributed by atoms with van der Waals surface area (Å²) in [7, 11) is -1.52. The molecular weight excluding hydrogens is 371 g/mol. The molecule has 1 aliphatic heterocycles. The number of aliphatic hydroxyl groups excluding tert-OH is 1. The van der Waals surface area contributed by atoms with Gasteiger partial charge >= 0.3 is 7.12 Å². The summed E-state index contributed by atoms with van der Waals surface area (Å²) in [5, 5.41) is 33.0. The van der Waals surface area contributed by atoms with Crippen LogP contribution in [0.5, 0.6) is 0 Å². The average molecular weight is 396 g/mol. The van der Waals surface area contributed by atoms with Crippen molar-refractivity contribution in [1.29, 1.82) is 0 Å². The van der Waals surface area contributed by atoms with E-state index in [-0.39, 0.29) is 11.6 Å². The zero-order chi connectivity index (χ0) is 19.7. The van der Waals surface area contributed by atoms with Crippen LogP contribution in [0.25, 0.3) is 10.9 Å². The summed E-state index contributed by atoms with van der Waals surface area (Å²) in [6, 6.07) is 9.35. The Labute approximate surface area is 169 Å². The zero-order valence-corrected chi connectivity index (χ0v) is 16.2. The van der Waals surface area contributed by atoms with Crippen molar-refractivity contribution in [3.63, 3.8) is 0 Å². The van der Waals surface area contributed by atoms with Gasteiger partial charge in [-0.25, -0.2) is 4.98 Å². The molecule has 4 rings (SSSR count). The smallest absolute Gasteiger partial charge is 0.423 e. The van der Waals surface area contributed by atoms with Gasteiger partial charge in [0.25, 0.3) is 0 Å². The summed E-state index contributed by atoms with van der Waals surface area (Å²) in [5.41, 5.74) is 3.80. The molecule has 1 aliphatic rings. The molecule has 3 heterocycles. The lowest BCUT2D eigenvalue weighted by Crippen LogP contribution is -2.32. The first-order chi connectivity index (χ1) is 13.5. The van der Waals surface area contributed by atoms with Gasteiger partial charge in [-0.2, -0.15) is 0 Å². The molecule has 152 valence electrons. The fourth-order valence-corrected chi connectivity index (χ4v) is 3.69. The first kappa shape index (κ1) is 21.2. The topological polar surface area (TPSA) is 133 Å². The Morgan fingerprint density at radius 2 is 2.07 bits per heavy atom. The molecule has 0 spiro atoms. The summed E-state index contributed by atoms with van der Waals surface area (Å²) in [5.74, 6) is 0.619. The van der Waals surface area contributed by atoms with Crippen LogP contribution >= 0.6 is 0 Å². The van der Waals surface area contributed by atoms with E-state index in [9.17, 15) is 15.2 Å². The molecule has 1 aromatic carbocycles. The summed E-state index contributed by atoms with van der Waals surface area (Å²) < 4.78 is 0. The second kappa shape index (κ2) is 8.85. The Hall–Kier alpha value is -2.56. The normalized spacial score (nSPS) is 16.6. The number of anilines is 2. The number of benzene rings is 1. The lowest BCUT2D eigenvalue weighted by atomic mass is 9.77. The van der Waals surface area contributed by atoms with Crippen molar-refractivity contribution in [3.8, 4) is 0 Å². The largest absolute Gasteiger partial charge is 0.488 e. The van der Waals surface area contributed by atoms with Crippen LogP contribution in [0.15, 0.2) is 42.7 Å². The van der Waals surface area contributed by atoms with E-state index in [0.29, 0.717) is 17.8 Å². The molecule has 2 aromatic heterocycles. The lowest BCUT2D eigenvalue weighted by molar-refractivity contribution is 0.175. The number of likely N-dealkylation sites (tertiary alicyclic amines) is 1. The van der Waals surface area contributed by atoms with Gasteiger partial charge in [-0.15, -0.1) is 0 Å². The van der Waals surface area contributed by atoms with E-state index < -0.39 is 7.12 Å². The third-order valence-electron chi connectivity index (χ3n) is 5.22. The molecule has 0 aliphatic carbocycles. The number of fused-ring (bicyclic) bond motifs is 1. The molecule has 9 heteroatoms. The van der Waals surface area contributed by atoms with Crippen molar-refractivity contribution in [2.45, 2.75) is 26.0 Å². The third-order valence-corrected chi connectivity index (χ3v) is 5.22. The van der Waals surface area contributed by atoms with E-state index in [0.717, 1.165) is 47.2 Å². The van der Waals surface area contributed by atoms with Gasteiger partial charge in [0.2, 0.25) is 0 Å². The number of nitrogens with one attached hydrogen (secondary N) is 1. The van der Waals surface area contributed by atoms with Crippen molar-refractivity contribution in [2.75, 3.05) is 18.4 Å². The summed E-state index contributed by atoms with van der Waals surface area (Å²) in [6.45, 7) is 4.20. The quantitative estimate of drug-likeness (QED) is 0.450. The molecule has 8 nitrogen and oxygen atoms in total. The predicted molar refractivity (Wildman–Crippen MR) is 113 cm³/mol.